The van der Waals surface area contributed by atoms with Crippen LogP contribution in [0.15, 0.2) is 54.6 Å². The Hall–Kier alpha value is -2.37. The number of hydrogen-bond acceptors (Lipinski definition) is 5. The number of benzene rings is 2. The van der Waals surface area contributed by atoms with E-state index in [-0.39, 0.29) is 24.3 Å². The second-order valence-corrected chi connectivity index (χ2v) is 8.99. The largest absolute Gasteiger partial charge is 0.465 e. The maximum atomic E-state index is 12.8. The first-order valence-electron chi connectivity index (χ1n) is 11.0. The van der Waals surface area contributed by atoms with E-state index in [4.69, 9.17) is 14.2 Å². The van der Waals surface area contributed by atoms with Gasteiger partial charge in [0.1, 0.15) is 11.9 Å². The molecule has 2 aromatic rings. The number of hydrogen-bond donors (Lipinski definition) is 0. The topological polar surface area (TPSA) is 48.0 Å². The lowest BCUT2D eigenvalue weighted by atomic mass is 9.78. The summed E-state index contributed by atoms with van der Waals surface area (Å²) >= 11 is 0. The van der Waals surface area contributed by atoms with Gasteiger partial charge in [-0.15, -0.1) is 0 Å². The van der Waals surface area contributed by atoms with Gasteiger partial charge in [0.25, 0.3) is 0 Å². The molecule has 0 bridgehead atoms. The molecule has 158 valence electrons. The third kappa shape index (κ3) is 3.72. The molecular formula is C25H29NO4. The van der Waals surface area contributed by atoms with Crippen molar-refractivity contribution in [3.8, 4) is 5.75 Å². The van der Waals surface area contributed by atoms with E-state index in [1.807, 2.05) is 30.3 Å². The highest BCUT2D eigenvalue weighted by Crippen LogP contribution is 2.52. The van der Waals surface area contributed by atoms with Gasteiger partial charge >= 0.3 is 5.97 Å². The molecule has 0 spiro atoms. The molecule has 0 aromatic heterocycles. The fraction of sp³-hybridized carbons (Fsp3) is 0.480. The quantitative estimate of drug-likeness (QED) is 0.691. The number of esters is 1. The predicted octanol–water partition coefficient (Wildman–Crippen LogP) is 4.33. The van der Waals surface area contributed by atoms with E-state index >= 15 is 0 Å². The molecule has 0 radical (unpaired) electrons. The first kappa shape index (κ1) is 19.6. The molecular weight excluding hydrogens is 378 g/mol. The molecule has 5 nitrogen and oxygen atoms in total. The molecule has 0 amide bonds. The molecule has 30 heavy (non-hydrogen) atoms. The minimum atomic E-state index is -0.454. The third-order valence-corrected chi connectivity index (χ3v) is 6.75. The van der Waals surface area contributed by atoms with Crippen LogP contribution >= 0.6 is 0 Å². The minimum Gasteiger partial charge on any atom is -0.465 e. The predicted molar refractivity (Wildman–Crippen MR) is 113 cm³/mol. The Morgan fingerprint density at radius 1 is 1.10 bits per heavy atom. The van der Waals surface area contributed by atoms with E-state index in [2.05, 4.69) is 36.1 Å². The summed E-state index contributed by atoms with van der Waals surface area (Å²) in [4.78, 5) is 15.2. The van der Waals surface area contributed by atoms with Crippen LogP contribution in [0.3, 0.4) is 0 Å². The van der Waals surface area contributed by atoms with Crippen LogP contribution < -0.4 is 4.74 Å². The van der Waals surface area contributed by atoms with E-state index in [1.54, 1.807) is 0 Å². The summed E-state index contributed by atoms with van der Waals surface area (Å²) in [5.74, 6) is 0.876. The zero-order chi connectivity index (χ0) is 20.6. The zero-order valence-corrected chi connectivity index (χ0v) is 17.5. The molecule has 0 saturated carbocycles. The van der Waals surface area contributed by atoms with Crippen LogP contribution in [-0.4, -0.2) is 36.9 Å². The van der Waals surface area contributed by atoms with Gasteiger partial charge in [-0.2, -0.15) is 0 Å². The molecule has 3 aliphatic rings. The van der Waals surface area contributed by atoms with Crippen LogP contribution in [0.5, 0.6) is 5.75 Å². The van der Waals surface area contributed by atoms with Gasteiger partial charge in [0.15, 0.2) is 6.29 Å². The monoisotopic (exact) mass is 407 g/mol. The maximum Gasteiger partial charge on any atom is 0.314 e. The van der Waals surface area contributed by atoms with Crippen LogP contribution in [-0.2, 0) is 20.8 Å². The van der Waals surface area contributed by atoms with Crippen molar-refractivity contribution in [2.45, 2.75) is 45.1 Å². The first-order chi connectivity index (χ1) is 14.6. The van der Waals surface area contributed by atoms with Crippen LogP contribution in [0.25, 0.3) is 0 Å². The van der Waals surface area contributed by atoms with E-state index in [1.165, 1.54) is 5.56 Å². The van der Waals surface area contributed by atoms with E-state index in [0.29, 0.717) is 0 Å². The SMILES string of the molecule is C[C@]12CN(Cc3ccccc3)C[C@H]1C(c1ccc(OC3CCCCO3)cc1)OC2=O. The highest BCUT2D eigenvalue weighted by molar-refractivity contribution is 5.80. The summed E-state index contributed by atoms with van der Waals surface area (Å²) in [6, 6.07) is 18.4. The Labute approximate surface area is 177 Å². The van der Waals surface area contributed by atoms with Crippen molar-refractivity contribution >= 4 is 5.97 Å². The first-order valence-corrected chi connectivity index (χ1v) is 11.0. The molecule has 4 atom stereocenters. The van der Waals surface area contributed by atoms with Gasteiger partial charge in [0, 0.05) is 32.0 Å². The van der Waals surface area contributed by atoms with Crippen molar-refractivity contribution in [2.24, 2.45) is 11.3 Å². The highest BCUT2D eigenvalue weighted by atomic mass is 16.7. The lowest BCUT2D eigenvalue weighted by Crippen LogP contribution is -2.31. The molecule has 0 N–H and O–H groups in total. The van der Waals surface area contributed by atoms with Crippen molar-refractivity contribution in [1.29, 1.82) is 0 Å². The van der Waals surface area contributed by atoms with Gasteiger partial charge in [0.05, 0.1) is 12.0 Å². The van der Waals surface area contributed by atoms with E-state index < -0.39 is 5.41 Å². The van der Waals surface area contributed by atoms with Gasteiger partial charge in [-0.1, -0.05) is 42.5 Å². The third-order valence-electron chi connectivity index (χ3n) is 6.75. The molecule has 3 heterocycles. The van der Waals surface area contributed by atoms with Gasteiger partial charge in [-0.05, 0) is 43.0 Å². The number of carbonyl (C=O) groups excluding carboxylic acids is 1. The number of likely N-dealkylation sites (tertiary alicyclic amines) is 1. The van der Waals surface area contributed by atoms with Gasteiger partial charge in [-0.25, -0.2) is 0 Å². The minimum absolute atomic E-state index is 0.0796. The van der Waals surface area contributed by atoms with E-state index in [0.717, 1.165) is 56.8 Å². The van der Waals surface area contributed by atoms with Crippen molar-refractivity contribution < 1.29 is 19.0 Å². The Kier molecular flexibility index (Phi) is 5.25. The summed E-state index contributed by atoms with van der Waals surface area (Å²) in [7, 11) is 0. The summed E-state index contributed by atoms with van der Waals surface area (Å²) in [5.41, 5.74) is 1.86. The molecule has 5 rings (SSSR count). The Balaban J connectivity index is 1.28. The molecule has 3 fully saturated rings. The lowest BCUT2D eigenvalue weighted by Gasteiger charge is -2.24. The Morgan fingerprint density at radius 3 is 2.63 bits per heavy atom. The average molecular weight is 408 g/mol. The van der Waals surface area contributed by atoms with Crippen LogP contribution in [0, 0.1) is 11.3 Å². The standard InChI is InChI=1S/C25H29NO4/c1-25-17-26(15-18-7-3-2-4-8-18)16-21(25)23(30-24(25)27)19-10-12-20(13-11-19)29-22-9-5-6-14-28-22/h2-4,7-8,10-13,21-23H,5-6,9,14-17H2,1H3/t21-,22?,23?,25-/m0/s1. The zero-order valence-electron chi connectivity index (χ0n) is 17.5. The van der Waals surface area contributed by atoms with Gasteiger partial charge in [-0.3, -0.25) is 9.69 Å². The Bertz CT molecular complexity index is 878. The maximum absolute atomic E-state index is 12.8. The molecule has 2 unspecified atom stereocenters. The summed E-state index contributed by atoms with van der Waals surface area (Å²) in [6.45, 7) is 5.28. The van der Waals surface area contributed by atoms with Crippen molar-refractivity contribution in [3.05, 3.63) is 65.7 Å². The van der Waals surface area contributed by atoms with Gasteiger partial charge in [0.2, 0.25) is 0 Å². The van der Waals surface area contributed by atoms with Crippen LogP contribution in [0.4, 0.5) is 0 Å². The number of ether oxygens (including phenoxy) is 3. The van der Waals surface area contributed by atoms with Crippen LogP contribution in [0.2, 0.25) is 0 Å². The molecule has 3 aliphatic heterocycles. The smallest absolute Gasteiger partial charge is 0.314 e. The number of fused-ring (bicyclic) bond motifs is 1. The second-order valence-electron chi connectivity index (χ2n) is 8.99. The normalized spacial score (nSPS) is 31.4. The fourth-order valence-electron chi connectivity index (χ4n) is 5.06. The number of carbonyl (C=O) groups is 1. The molecule has 2 aromatic carbocycles. The van der Waals surface area contributed by atoms with E-state index in [9.17, 15) is 4.79 Å². The molecule has 0 aliphatic carbocycles. The fourth-order valence-corrected chi connectivity index (χ4v) is 5.06. The van der Waals surface area contributed by atoms with Crippen LogP contribution in [0.1, 0.15) is 43.4 Å². The number of nitrogens with zero attached hydrogens (tertiary/aromatic N) is 1. The van der Waals surface area contributed by atoms with Crippen molar-refractivity contribution in [2.75, 3.05) is 19.7 Å². The summed E-state index contributed by atoms with van der Waals surface area (Å²) in [6.07, 6.45) is 2.81. The lowest BCUT2D eigenvalue weighted by molar-refractivity contribution is -0.148. The van der Waals surface area contributed by atoms with Crippen molar-refractivity contribution in [1.82, 2.24) is 4.90 Å². The highest BCUT2D eigenvalue weighted by Gasteiger charge is 2.59. The summed E-state index contributed by atoms with van der Waals surface area (Å²) < 4.78 is 17.5. The Morgan fingerprint density at radius 2 is 1.90 bits per heavy atom. The summed E-state index contributed by atoms with van der Waals surface area (Å²) in [5, 5.41) is 0. The molecule has 3 saturated heterocycles. The van der Waals surface area contributed by atoms with Crippen molar-refractivity contribution in [3.63, 3.8) is 0 Å². The average Bonchev–Trinajstić information content (AvgIpc) is 3.22. The number of cyclic esters (lactones) is 1. The molecule has 5 heteroatoms. The second kappa shape index (κ2) is 8.05. The number of rotatable bonds is 5. The van der Waals surface area contributed by atoms with Gasteiger partial charge < -0.3 is 14.2 Å².